The number of hydrogen-bond acceptors (Lipinski definition) is 2. The van der Waals surface area contributed by atoms with Gasteiger partial charge < -0.3 is 0 Å². The molecule has 1 aromatic carbocycles. The summed E-state index contributed by atoms with van der Waals surface area (Å²) in [5.41, 5.74) is 1.94. The third kappa shape index (κ3) is 2.92. The van der Waals surface area contributed by atoms with E-state index in [4.69, 9.17) is 0 Å². The topological polar surface area (TPSA) is 20.3 Å². The van der Waals surface area contributed by atoms with Crippen LogP contribution in [-0.2, 0) is 0 Å². The van der Waals surface area contributed by atoms with Crippen LogP contribution in [0.25, 0.3) is 0 Å². The molecule has 0 amide bonds. The summed E-state index contributed by atoms with van der Waals surface area (Å²) in [6, 6.07) is 7.82. The minimum Gasteiger partial charge on any atom is -0.299 e. The van der Waals surface area contributed by atoms with Gasteiger partial charge in [0.25, 0.3) is 0 Å². The van der Waals surface area contributed by atoms with E-state index in [9.17, 15) is 4.79 Å². The molecule has 1 saturated carbocycles. The summed E-state index contributed by atoms with van der Waals surface area (Å²) in [4.78, 5) is 14.2. The molecule has 0 spiro atoms. The number of ketones is 1. The quantitative estimate of drug-likeness (QED) is 0.706. The zero-order valence-corrected chi connectivity index (χ0v) is 10.1. The molecule has 0 aliphatic heterocycles. The first-order valence-corrected chi connectivity index (χ1v) is 5.94. The van der Waals surface area contributed by atoms with Gasteiger partial charge in [-0.15, -0.1) is 0 Å². The fourth-order valence-electron chi connectivity index (χ4n) is 2.02. The van der Waals surface area contributed by atoms with Crippen molar-refractivity contribution in [3.05, 3.63) is 35.4 Å². The molecule has 0 N–H and O–H groups in total. The molecule has 0 bridgehead atoms. The Labute approximate surface area is 97.3 Å². The molecule has 2 nitrogen and oxygen atoms in total. The van der Waals surface area contributed by atoms with Crippen LogP contribution in [0.15, 0.2) is 24.3 Å². The number of benzene rings is 1. The van der Waals surface area contributed by atoms with Crippen molar-refractivity contribution in [2.45, 2.75) is 19.8 Å². The number of nitrogens with zero attached hydrogens (tertiary/aromatic N) is 1. The van der Waals surface area contributed by atoms with E-state index < -0.39 is 0 Å². The highest BCUT2D eigenvalue weighted by molar-refractivity contribution is 5.98. The van der Waals surface area contributed by atoms with Crippen LogP contribution in [-0.4, -0.2) is 30.8 Å². The van der Waals surface area contributed by atoms with Crippen LogP contribution in [0.4, 0.5) is 0 Å². The van der Waals surface area contributed by atoms with Crippen molar-refractivity contribution in [1.29, 1.82) is 0 Å². The molecule has 2 heteroatoms. The van der Waals surface area contributed by atoms with Crippen molar-refractivity contribution in [1.82, 2.24) is 4.90 Å². The lowest BCUT2D eigenvalue weighted by atomic mass is 10.0. The standard InChI is InChI=1S/C14H19NO/c1-11-5-3-4-6-13(11)14(16)10-15(2)9-12-7-8-12/h3-6,12H,7-10H2,1-2H3. The van der Waals surface area contributed by atoms with Crippen molar-refractivity contribution in [3.63, 3.8) is 0 Å². The third-order valence-electron chi connectivity index (χ3n) is 3.13. The number of aryl methyl sites for hydroxylation is 1. The molecule has 1 aromatic rings. The Morgan fingerprint density at radius 2 is 2.06 bits per heavy atom. The zero-order chi connectivity index (χ0) is 11.5. The van der Waals surface area contributed by atoms with E-state index in [0.29, 0.717) is 6.54 Å². The summed E-state index contributed by atoms with van der Waals surface area (Å²) >= 11 is 0. The van der Waals surface area contributed by atoms with Crippen molar-refractivity contribution < 1.29 is 4.79 Å². The Kier molecular flexibility index (Phi) is 3.39. The smallest absolute Gasteiger partial charge is 0.177 e. The molecule has 0 aromatic heterocycles. The minimum atomic E-state index is 0.237. The van der Waals surface area contributed by atoms with Crippen LogP contribution >= 0.6 is 0 Å². The largest absolute Gasteiger partial charge is 0.299 e. The minimum absolute atomic E-state index is 0.237. The first-order valence-electron chi connectivity index (χ1n) is 5.94. The third-order valence-corrected chi connectivity index (χ3v) is 3.13. The second-order valence-corrected chi connectivity index (χ2v) is 4.88. The van der Waals surface area contributed by atoms with Crippen LogP contribution < -0.4 is 0 Å². The van der Waals surface area contributed by atoms with E-state index in [0.717, 1.165) is 23.6 Å². The molecule has 1 fully saturated rings. The highest BCUT2D eigenvalue weighted by atomic mass is 16.1. The average molecular weight is 217 g/mol. The lowest BCUT2D eigenvalue weighted by Crippen LogP contribution is -2.28. The molecular weight excluding hydrogens is 198 g/mol. The summed E-state index contributed by atoms with van der Waals surface area (Å²) < 4.78 is 0. The molecular formula is C14H19NO. The van der Waals surface area contributed by atoms with Crippen LogP contribution in [0, 0.1) is 12.8 Å². The molecule has 2 rings (SSSR count). The second kappa shape index (κ2) is 4.79. The Hall–Kier alpha value is -1.15. The molecule has 0 heterocycles. The molecule has 1 aliphatic carbocycles. The lowest BCUT2D eigenvalue weighted by Gasteiger charge is -2.15. The Morgan fingerprint density at radius 3 is 2.69 bits per heavy atom. The van der Waals surface area contributed by atoms with Gasteiger partial charge in [-0.1, -0.05) is 24.3 Å². The molecule has 0 unspecified atom stereocenters. The highest BCUT2D eigenvalue weighted by Crippen LogP contribution is 2.29. The maximum absolute atomic E-state index is 12.0. The first-order chi connectivity index (χ1) is 7.66. The summed E-state index contributed by atoms with van der Waals surface area (Å²) in [7, 11) is 2.04. The summed E-state index contributed by atoms with van der Waals surface area (Å²) in [5.74, 6) is 1.08. The van der Waals surface area contributed by atoms with Gasteiger partial charge in [0.1, 0.15) is 0 Å². The van der Waals surface area contributed by atoms with Crippen LogP contribution in [0.3, 0.4) is 0 Å². The van der Waals surface area contributed by atoms with E-state index in [2.05, 4.69) is 4.90 Å². The van der Waals surface area contributed by atoms with Crippen LogP contribution in [0.2, 0.25) is 0 Å². The van der Waals surface area contributed by atoms with Gasteiger partial charge >= 0.3 is 0 Å². The van der Waals surface area contributed by atoms with E-state index >= 15 is 0 Å². The summed E-state index contributed by atoms with van der Waals surface area (Å²) in [6.07, 6.45) is 2.67. The van der Waals surface area contributed by atoms with Gasteiger partial charge in [0, 0.05) is 12.1 Å². The summed E-state index contributed by atoms with van der Waals surface area (Å²) in [5, 5.41) is 0. The van der Waals surface area contributed by atoms with Gasteiger partial charge in [-0.25, -0.2) is 0 Å². The molecule has 16 heavy (non-hydrogen) atoms. The fourth-order valence-corrected chi connectivity index (χ4v) is 2.02. The predicted molar refractivity (Wildman–Crippen MR) is 65.7 cm³/mol. The molecule has 0 saturated heterocycles. The van der Waals surface area contributed by atoms with Crippen molar-refractivity contribution in [2.75, 3.05) is 20.1 Å². The van der Waals surface area contributed by atoms with Crippen molar-refractivity contribution >= 4 is 5.78 Å². The number of carbonyl (C=O) groups is 1. The molecule has 0 atom stereocenters. The SMILES string of the molecule is Cc1ccccc1C(=O)CN(C)CC1CC1. The maximum Gasteiger partial charge on any atom is 0.177 e. The summed E-state index contributed by atoms with van der Waals surface area (Å²) in [6.45, 7) is 3.60. The molecule has 0 radical (unpaired) electrons. The van der Waals surface area contributed by atoms with E-state index in [1.54, 1.807) is 0 Å². The number of likely N-dealkylation sites (N-methyl/N-ethyl adjacent to an activating group) is 1. The van der Waals surface area contributed by atoms with Crippen LogP contribution in [0.5, 0.6) is 0 Å². The van der Waals surface area contributed by atoms with Crippen LogP contribution in [0.1, 0.15) is 28.8 Å². The van der Waals surface area contributed by atoms with E-state index in [1.165, 1.54) is 12.8 Å². The lowest BCUT2D eigenvalue weighted by molar-refractivity contribution is 0.0943. The number of rotatable bonds is 5. The van der Waals surface area contributed by atoms with Gasteiger partial charge in [0.2, 0.25) is 0 Å². The van der Waals surface area contributed by atoms with Gasteiger partial charge in [-0.3, -0.25) is 9.69 Å². The zero-order valence-electron chi connectivity index (χ0n) is 10.1. The van der Waals surface area contributed by atoms with Gasteiger partial charge in [-0.05, 0) is 38.3 Å². The predicted octanol–water partition coefficient (Wildman–Crippen LogP) is 2.52. The van der Waals surface area contributed by atoms with Gasteiger partial charge in [-0.2, -0.15) is 0 Å². The van der Waals surface area contributed by atoms with Crippen molar-refractivity contribution in [3.8, 4) is 0 Å². The normalized spacial score (nSPS) is 15.4. The Morgan fingerprint density at radius 1 is 1.38 bits per heavy atom. The highest BCUT2D eigenvalue weighted by Gasteiger charge is 2.23. The number of carbonyl (C=O) groups excluding carboxylic acids is 1. The number of hydrogen-bond donors (Lipinski definition) is 0. The second-order valence-electron chi connectivity index (χ2n) is 4.88. The molecule has 86 valence electrons. The van der Waals surface area contributed by atoms with E-state index in [1.807, 2.05) is 38.2 Å². The van der Waals surface area contributed by atoms with Gasteiger partial charge in [0.05, 0.1) is 6.54 Å². The van der Waals surface area contributed by atoms with Crippen molar-refractivity contribution in [2.24, 2.45) is 5.92 Å². The molecule has 1 aliphatic rings. The fraction of sp³-hybridized carbons (Fsp3) is 0.500. The Balaban J connectivity index is 1.94. The number of Topliss-reactive ketones (excluding diaryl/α,β-unsaturated/α-hetero) is 1. The first kappa shape index (κ1) is 11.3. The Bertz CT molecular complexity index is 382. The average Bonchev–Trinajstić information content (AvgIpc) is 3.01. The maximum atomic E-state index is 12.0. The van der Waals surface area contributed by atoms with E-state index in [-0.39, 0.29) is 5.78 Å². The van der Waals surface area contributed by atoms with Gasteiger partial charge in [0.15, 0.2) is 5.78 Å². The monoisotopic (exact) mass is 217 g/mol.